The molecule has 0 heterocycles. The molecule has 0 spiro atoms. The maximum Gasteiger partial charge on any atom is 0.343 e. The molecule has 0 unspecified atom stereocenters. The van der Waals surface area contributed by atoms with Gasteiger partial charge in [0.15, 0.2) is 24.7 Å². The number of para-hydroxylation sites is 1. The van der Waals surface area contributed by atoms with Crippen LogP contribution in [0, 0.1) is 0 Å². The predicted molar refractivity (Wildman–Crippen MR) is 106 cm³/mol. The van der Waals surface area contributed by atoms with E-state index in [1.54, 1.807) is 24.3 Å². The van der Waals surface area contributed by atoms with Crippen molar-refractivity contribution in [2.75, 3.05) is 27.4 Å². The number of hydrogen-bond acceptors (Lipinski definition) is 7. The van der Waals surface area contributed by atoms with Crippen LogP contribution in [-0.4, -0.2) is 45.5 Å². The van der Waals surface area contributed by atoms with Crippen LogP contribution in [0.4, 0.5) is 0 Å². The van der Waals surface area contributed by atoms with Gasteiger partial charge in [-0.05, 0) is 45.8 Å². The minimum atomic E-state index is -0.514. The summed E-state index contributed by atoms with van der Waals surface area (Å²) >= 11 is 3.36. The maximum absolute atomic E-state index is 11.8. The van der Waals surface area contributed by atoms with Crippen molar-refractivity contribution in [3.05, 3.63) is 52.5 Å². The molecule has 2 aromatic carbocycles. The number of carbonyl (C=O) groups excluding carboxylic acids is 2. The number of nitrogens with one attached hydrogen (secondary N) is 1. The van der Waals surface area contributed by atoms with Gasteiger partial charge in [-0.25, -0.2) is 10.2 Å². The van der Waals surface area contributed by atoms with Gasteiger partial charge in [-0.2, -0.15) is 5.10 Å². The van der Waals surface area contributed by atoms with Crippen molar-refractivity contribution in [3.63, 3.8) is 0 Å². The largest absolute Gasteiger partial charge is 0.493 e. The second kappa shape index (κ2) is 10.9. The van der Waals surface area contributed by atoms with Gasteiger partial charge >= 0.3 is 5.97 Å². The van der Waals surface area contributed by atoms with E-state index in [-0.39, 0.29) is 13.2 Å². The molecule has 0 aliphatic rings. The van der Waals surface area contributed by atoms with Gasteiger partial charge in [0.25, 0.3) is 5.91 Å². The van der Waals surface area contributed by atoms with Crippen LogP contribution in [0.1, 0.15) is 5.56 Å². The molecule has 0 bridgehead atoms. The van der Waals surface area contributed by atoms with Crippen molar-refractivity contribution in [2.24, 2.45) is 5.10 Å². The fourth-order valence-electron chi connectivity index (χ4n) is 2.02. The zero-order chi connectivity index (χ0) is 20.4. The number of hydrazone groups is 1. The zero-order valence-electron chi connectivity index (χ0n) is 15.3. The molecule has 0 fully saturated rings. The van der Waals surface area contributed by atoms with E-state index in [1.807, 2.05) is 18.2 Å². The standard InChI is InChI=1S/C19H19BrN2O6/c1-25-16-9-13(8-15(20)19(16)28-12-18(24)26-2)10-21-22-17(23)11-27-14-6-4-3-5-7-14/h3-10H,11-12H2,1-2H3,(H,22,23)/b21-10+. The van der Waals surface area contributed by atoms with Crippen molar-refractivity contribution >= 4 is 34.0 Å². The Morgan fingerprint density at radius 3 is 2.54 bits per heavy atom. The quantitative estimate of drug-likeness (QED) is 0.358. The van der Waals surface area contributed by atoms with Crippen molar-refractivity contribution < 1.29 is 28.5 Å². The first kappa shape index (κ1) is 21.2. The predicted octanol–water partition coefficient (Wildman–Crippen LogP) is 2.54. The topological polar surface area (TPSA) is 95.5 Å². The molecule has 28 heavy (non-hydrogen) atoms. The number of benzene rings is 2. The molecule has 0 aliphatic heterocycles. The molecule has 1 N–H and O–H groups in total. The number of halogens is 1. The lowest BCUT2D eigenvalue weighted by Gasteiger charge is -2.12. The van der Waals surface area contributed by atoms with Gasteiger partial charge in [0.1, 0.15) is 5.75 Å². The van der Waals surface area contributed by atoms with Crippen molar-refractivity contribution in [3.8, 4) is 17.2 Å². The number of carbonyl (C=O) groups is 2. The third kappa shape index (κ3) is 6.58. The van der Waals surface area contributed by atoms with Crippen LogP contribution in [-0.2, 0) is 14.3 Å². The minimum Gasteiger partial charge on any atom is -0.493 e. The molecule has 0 saturated heterocycles. The Morgan fingerprint density at radius 1 is 1.11 bits per heavy atom. The van der Waals surface area contributed by atoms with Gasteiger partial charge in [-0.15, -0.1) is 0 Å². The van der Waals surface area contributed by atoms with Crippen molar-refractivity contribution in [2.45, 2.75) is 0 Å². The van der Waals surface area contributed by atoms with Crippen LogP contribution < -0.4 is 19.6 Å². The third-order valence-corrected chi connectivity index (χ3v) is 3.92. The first-order valence-corrected chi connectivity index (χ1v) is 8.89. The molecule has 2 rings (SSSR count). The lowest BCUT2D eigenvalue weighted by molar-refractivity contribution is -0.143. The lowest BCUT2D eigenvalue weighted by Crippen LogP contribution is -2.24. The van der Waals surface area contributed by atoms with Crippen molar-refractivity contribution in [1.29, 1.82) is 0 Å². The number of nitrogens with zero attached hydrogens (tertiary/aromatic N) is 1. The van der Waals surface area contributed by atoms with E-state index in [0.717, 1.165) is 0 Å². The van der Waals surface area contributed by atoms with Crippen LogP contribution in [0.15, 0.2) is 52.0 Å². The number of esters is 1. The Balaban J connectivity index is 1.94. The maximum atomic E-state index is 11.8. The summed E-state index contributed by atoms with van der Waals surface area (Å²) < 4.78 is 21.1. The number of ether oxygens (including phenoxy) is 4. The monoisotopic (exact) mass is 450 g/mol. The molecule has 0 radical (unpaired) electrons. The number of amides is 1. The van der Waals surface area contributed by atoms with E-state index in [0.29, 0.717) is 27.3 Å². The van der Waals surface area contributed by atoms with Gasteiger partial charge in [-0.1, -0.05) is 18.2 Å². The first-order chi connectivity index (χ1) is 13.5. The summed E-state index contributed by atoms with van der Waals surface area (Å²) in [5.74, 6) is 0.422. The summed E-state index contributed by atoms with van der Waals surface area (Å²) in [7, 11) is 2.74. The highest BCUT2D eigenvalue weighted by molar-refractivity contribution is 9.10. The Hall–Kier alpha value is -3.07. The molecular weight excluding hydrogens is 432 g/mol. The average Bonchev–Trinajstić information content (AvgIpc) is 2.71. The number of hydrogen-bond donors (Lipinski definition) is 1. The average molecular weight is 451 g/mol. The first-order valence-electron chi connectivity index (χ1n) is 8.10. The summed E-state index contributed by atoms with van der Waals surface area (Å²) in [5, 5.41) is 3.89. The highest BCUT2D eigenvalue weighted by atomic mass is 79.9. The molecule has 2 aromatic rings. The molecule has 148 valence electrons. The highest BCUT2D eigenvalue weighted by Gasteiger charge is 2.13. The molecule has 0 aromatic heterocycles. The summed E-state index contributed by atoms with van der Waals surface area (Å²) in [6.07, 6.45) is 1.44. The van der Waals surface area contributed by atoms with E-state index in [2.05, 4.69) is 31.2 Å². The van der Waals surface area contributed by atoms with Crippen LogP contribution in [0.25, 0.3) is 0 Å². The van der Waals surface area contributed by atoms with Gasteiger partial charge < -0.3 is 18.9 Å². The van der Waals surface area contributed by atoms with E-state index >= 15 is 0 Å². The lowest BCUT2D eigenvalue weighted by atomic mass is 10.2. The van der Waals surface area contributed by atoms with E-state index < -0.39 is 11.9 Å². The van der Waals surface area contributed by atoms with Gasteiger partial charge in [0, 0.05) is 0 Å². The Bertz CT molecular complexity index is 842. The molecule has 0 atom stereocenters. The smallest absolute Gasteiger partial charge is 0.343 e. The molecule has 8 nitrogen and oxygen atoms in total. The Kier molecular flexibility index (Phi) is 8.29. The minimum absolute atomic E-state index is 0.158. The number of rotatable bonds is 9. The fraction of sp³-hybridized carbons (Fsp3) is 0.211. The van der Waals surface area contributed by atoms with Crippen LogP contribution >= 0.6 is 15.9 Å². The highest BCUT2D eigenvalue weighted by Crippen LogP contribution is 2.36. The van der Waals surface area contributed by atoms with E-state index in [1.165, 1.54) is 20.4 Å². The molecule has 1 amide bonds. The third-order valence-electron chi connectivity index (χ3n) is 3.33. The van der Waals surface area contributed by atoms with Gasteiger partial charge in [0.05, 0.1) is 24.9 Å². The zero-order valence-corrected chi connectivity index (χ0v) is 16.9. The Morgan fingerprint density at radius 2 is 1.86 bits per heavy atom. The fourth-order valence-corrected chi connectivity index (χ4v) is 2.60. The van der Waals surface area contributed by atoms with Crippen molar-refractivity contribution in [1.82, 2.24) is 5.43 Å². The van der Waals surface area contributed by atoms with Gasteiger partial charge in [0.2, 0.25) is 0 Å². The summed E-state index contributed by atoms with van der Waals surface area (Å²) in [5.41, 5.74) is 3.02. The van der Waals surface area contributed by atoms with Crippen LogP contribution in [0.5, 0.6) is 17.2 Å². The second-order valence-corrected chi connectivity index (χ2v) is 6.15. The van der Waals surface area contributed by atoms with Crippen LogP contribution in [0.3, 0.4) is 0 Å². The SMILES string of the molecule is COC(=O)COc1c(Br)cc(/C=N/NC(=O)COc2ccccc2)cc1OC. The molecule has 0 aliphatic carbocycles. The summed E-state index contributed by atoms with van der Waals surface area (Å²) in [4.78, 5) is 23.0. The molecule has 9 heteroatoms. The Labute approximate surface area is 170 Å². The molecular formula is C19H19BrN2O6. The normalized spacial score (nSPS) is 10.4. The summed E-state index contributed by atoms with van der Waals surface area (Å²) in [6.45, 7) is -0.412. The van der Waals surface area contributed by atoms with E-state index in [4.69, 9.17) is 14.2 Å². The second-order valence-electron chi connectivity index (χ2n) is 5.29. The summed E-state index contributed by atoms with van der Waals surface area (Å²) in [6, 6.07) is 12.3. The van der Waals surface area contributed by atoms with Gasteiger partial charge in [-0.3, -0.25) is 4.79 Å². The number of methoxy groups -OCH3 is 2. The van der Waals surface area contributed by atoms with Crippen LogP contribution in [0.2, 0.25) is 0 Å². The molecule has 0 saturated carbocycles. The van der Waals surface area contributed by atoms with E-state index in [9.17, 15) is 9.59 Å².